The van der Waals surface area contributed by atoms with E-state index in [1.165, 1.54) is 6.20 Å². The van der Waals surface area contributed by atoms with E-state index in [-0.39, 0.29) is 11.1 Å². The third kappa shape index (κ3) is 1.88. The average molecular weight is 182 g/mol. The number of rotatable bonds is 1. The summed E-state index contributed by atoms with van der Waals surface area (Å²) >= 11 is 0. The molecule has 0 bridgehead atoms. The smallest absolute Gasteiger partial charge is 0.356 e. The monoisotopic (exact) mass is 182 g/mol. The van der Waals surface area contributed by atoms with Crippen molar-refractivity contribution in [2.24, 2.45) is 7.05 Å². The Morgan fingerprint density at radius 2 is 2.08 bits per heavy atom. The second kappa shape index (κ2) is 2.87. The molecule has 4 heteroatoms. The minimum Gasteiger partial charge on any atom is -0.476 e. The highest BCUT2D eigenvalue weighted by molar-refractivity contribution is 5.85. The summed E-state index contributed by atoms with van der Waals surface area (Å²) < 4.78 is 1.75. The lowest BCUT2D eigenvalue weighted by atomic mass is 9.96. The predicted molar refractivity (Wildman–Crippen MR) is 48.9 cm³/mol. The quantitative estimate of drug-likeness (QED) is 0.714. The third-order valence-electron chi connectivity index (χ3n) is 1.77. The van der Waals surface area contributed by atoms with Gasteiger partial charge in [0.2, 0.25) is 0 Å². The van der Waals surface area contributed by atoms with Gasteiger partial charge in [0.25, 0.3) is 0 Å². The van der Waals surface area contributed by atoms with E-state index in [9.17, 15) is 4.79 Å². The highest BCUT2D eigenvalue weighted by Gasteiger charge is 2.21. The molecular formula is C9H14N2O2. The van der Waals surface area contributed by atoms with Gasteiger partial charge in [0.05, 0.1) is 0 Å². The van der Waals surface area contributed by atoms with E-state index in [2.05, 4.69) is 4.98 Å². The standard InChI is InChI=1S/C9H14N2O2/c1-9(2,3)8-10-6(7(12)13)5-11(8)4/h5H,1-4H3,(H,12,13). The van der Waals surface area contributed by atoms with Gasteiger partial charge in [-0.15, -0.1) is 0 Å². The molecule has 0 aliphatic heterocycles. The van der Waals surface area contributed by atoms with Gasteiger partial charge in [-0.25, -0.2) is 9.78 Å². The van der Waals surface area contributed by atoms with Gasteiger partial charge in [-0.2, -0.15) is 0 Å². The Hall–Kier alpha value is -1.32. The molecule has 1 N–H and O–H groups in total. The first kappa shape index (κ1) is 9.77. The van der Waals surface area contributed by atoms with Gasteiger partial charge in [0.15, 0.2) is 5.69 Å². The number of carbonyl (C=O) groups is 1. The van der Waals surface area contributed by atoms with Crippen molar-refractivity contribution in [1.82, 2.24) is 9.55 Å². The Morgan fingerprint density at radius 1 is 1.54 bits per heavy atom. The molecule has 1 rings (SSSR count). The predicted octanol–water partition coefficient (Wildman–Crippen LogP) is 1.42. The summed E-state index contributed by atoms with van der Waals surface area (Å²) in [6.45, 7) is 6.00. The summed E-state index contributed by atoms with van der Waals surface area (Å²) in [5.41, 5.74) is -0.0185. The fourth-order valence-corrected chi connectivity index (χ4v) is 1.27. The van der Waals surface area contributed by atoms with E-state index < -0.39 is 5.97 Å². The molecule has 72 valence electrons. The Labute approximate surface area is 77.2 Å². The van der Waals surface area contributed by atoms with Crippen LogP contribution in [0.25, 0.3) is 0 Å². The third-order valence-corrected chi connectivity index (χ3v) is 1.77. The molecule has 1 heterocycles. The summed E-state index contributed by atoms with van der Waals surface area (Å²) in [7, 11) is 1.81. The van der Waals surface area contributed by atoms with Gasteiger partial charge in [0.1, 0.15) is 5.82 Å². The summed E-state index contributed by atoms with van der Waals surface area (Å²) in [5, 5.41) is 8.71. The van der Waals surface area contributed by atoms with Crippen LogP contribution in [0.4, 0.5) is 0 Å². The Balaban J connectivity index is 3.18. The molecule has 0 aliphatic carbocycles. The molecule has 0 aliphatic rings. The molecule has 13 heavy (non-hydrogen) atoms. The summed E-state index contributed by atoms with van der Waals surface area (Å²) in [6.07, 6.45) is 1.53. The fourth-order valence-electron chi connectivity index (χ4n) is 1.27. The SMILES string of the molecule is Cn1cc(C(=O)O)nc1C(C)(C)C. The number of aromatic carboxylic acids is 1. The number of hydrogen-bond donors (Lipinski definition) is 1. The van der Waals surface area contributed by atoms with E-state index in [0.717, 1.165) is 5.82 Å². The topological polar surface area (TPSA) is 55.1 Å². The molecule has 0 saturated heterocycles. The number of nitrogens with zero attached hydrogens (tertiary/aromatic N) is 2. The molecule has 0 saturated carbocycles. The minimum atomic E-state index is -0.980. The Kier molecular flexibility index (Phi) is 2.15. The van der Waals surface area contributed by atoms with Crippen molar-refractivity contribution >= 4 is 5.97 Å². The first-order valence-corrected chi connectivity index (χ1v) is 4.09. The first-order chi connectivity index (χ1) is 5.82. The van der Waals surface area contributed by atoms with Crippen LogP contribution in [0.2, 0.25) is 0 Å². The summed E-state index contributed by atoms with van der Waals surface area (Å²) in [5.74, 6) is -0.198. The van der Waals surface area contributed by atoms with Crippen LogP contribution in [0.15, 0.2) is 6.20 Å². The Bertz CT molecular complexity index is 334. The molecule has 0 radical (unpaired) electrons. The maximum Gasteiger partial charge on any atom is 0.356 e. The highest BCUT2D eigenvalue weighted by atomic mass is 16.4. The van der Waals surface area contributed by atoms with E-state index in [1.807, 2.05) is 20.8 Å². The van der Waals surface area contributed by atoms with Gasteiger partial charge in [-0.3, -0.25) is 0 Å². The van der Waals surface area contributed by atoms with Crippen molar-refractivity contribution in [1.29, 1.82) is 0 Å². The second-order valence-electron chi connectivity index (χ2n) is 4.12. The zero-order valence-corrected chi connectivity index (χ0v) is 8.33. The van der Waals surface area contributed by atoms with Crippen molar-refractivity contribution in [3.05, 3.63) is 17.7 Å². The number of aryl methyl sites for hydroxylation is 1. The van der Waals surface area contributed by atoms with Gasteiger partial charge in [-0.1, -0.05) is 20.8 Å². The van der Waals surface area contributed by atoms with Crippen molar-refractivity contribution in [3.8, 4) is 0 Å². The largest absolute Gasteiger partial charge is 0.476 e. The molecule has 1 aromatic heterocycles. The van der Waals surface area contributed by atoms with E-state index in [1.54, 1.807) is 11.6 Å². The molecule has 0 atom stereocenters. The number of hydrogen-bond acceptors (Lipinski definition) is 2. The molecule has 1 aromatic rings. The van der Waals surface area contributed by atoms with Gasteiger partial charge >= 0.3 is 5.97 Å². The van der Waals surface area contributed by atoms with Crippen molar-refractivity contribution in [3.63, 3.8) is 0 Å². The molecule has 0 unspecified atom stereocenters. The van der Waals surface area contributed by atoms with Gasteiger partial charge in [0, 0.05) is 18.7 Å². The van der Waals surface area contributed by atoms with Crippen LogP contribution < -0.4 is 0 Å². The highest BCUT2D eigenvalue weighted by Crippen LogP contribution is 2.20. The minimum absolute atomic E-state index is 0.104. The normalized spacial score (nSPS) is 11.7. The lowest BCUT2D eigenvalue weighted by Gasteiger charge is -2.17. The van der Waals surface area contributed by atoms with Crippen molar-refractivity contribution in [2.75, 3.05) is 0 Å². The molecular weight excluding hydrogens is 168 g/mol. The lowest BCUT2D eigenvalue weighted by molar-refractivity contribution is 0.0691. The zero-order valence-electron chi connectivity index (χ0n) is 8.33. The van der Waals surface area contributed by atoms with Crippen LogP contribution in [0.1, 0.15) is 37.1 Å². The van der Waals surface area contributed by atoms with Crippen LogP contribution in [0.3, 0.4) is 0 Å². The molecule has 0 spiro atoms. The first-order valence-electron chi connectivity index (χ1n) is 4.09. The summed E-state index contributed by atoms with van der Waals surface area (Å²) in [6, 6.07) is 0. The van der Waals surface area contributed by atoms with Gasteiger partial charge < -0.3 is 9.67 Å². The van der Waals surface area contributed by atoms with Crippen molar-refractivity contribution < 1.29 is 9.90 Å². The Morgan fingerprint density at radius 3 is 2.31 bits per heavy atom. The second-order valence-corrected chi connectivity index (χ2v) is 4.12. The van der Waals surface area contributed by atoms with E-state index in [0.29, 0.717) is 0 Å². The van der Waals surface area contributed by atoms with Crippen LogP contribution in [-0.2, 0) is 12.5 Å². The molecule has 0 fully saturated rings. The number of aromatic nitrogens is 2. The maximum absolute atomic E-state index is 10.6. The molecule has 0 amide bonds. The van der Waals surface area contributed by atoms with E-state index >= 15 is 0 Å². The fraction of sp³-hybridized carbons (Fsp3) is 0.556. The summed E-state index contributed by atoms with van der Waals surface area (Å²) in [4.78, 5) is 14.7. The van der Waals surface area contributed by atoms with E-state index in [4.69, 9.17) is 5.11 Å². The van der Waals surface area contributed by atoms with Crippen molar-refractivity contribution in [2.45, 2.75) is 26.2 Å². The number of carboxylic acid groups (broad SMARTS) is 1. The van der Waals surface area contributed by atoms with Crippen LogP contribution in [0, 0.1) is 0 Å². The lowest BCUT2D eigenvalue weighted by Crippen LogP contribution is -2.17. The average Bonchev–Trinajstić information content (AvgIpc) is 2.29. The van der Waals surface area contributed by atoms with Gasteiger partial charge in [-0.05, 0) is 0 Å². The van der Waals surface area contributed by atoms with Crippen LogP contribution in [0.5, 0.6) is 0 Å². The number of carboxylic acids is 1. The van der Waals surface area contributed by atoms with Crippen LogP contribution >= 0.6 is 0 Å². The zero-order chi connectivity index (χ0) is 10.2. The molecule has 0 aromatic carbocycles. The maximum atomic E-state index is 10.6. The number of imidazole rings is 1. The van der Waals surface area contributed by atoms with Crippen LogP contribution in [-0.4, -0.2) is 20.6 Å². The molecule has 4 nitrogen and oxygen atoms in total.